The predicted molar refractivity (Wildman–Crippen MR) is 64.9 cm³/mol. The molecule has 0 aromatic carbocycles. The molecule has 0 saturated heterocycles. The highest BCUT2D eigenvalue weighted by Gasteiger charge is 2.28. The van der Waals surface area contributed by atoms with Crippen LogP contribution in [-0.4, -0.2) is 19.2 Å². The molecule has 0 saturated carbocycles. The average Bonchev–Trinajstić information content (AvgIpc) is 2.31. The molecule has 0 amide bonds. The third-order valence-electron chi connectivity index (χ3n) is 2.70. The van der Waals surface area contributed by atoms with Gasteiger partial charge in [0.25, 0.3) is 0 Å². The third-order valence-corrected chi connectivity index (χ3v) is 2.70. The monoisotopic (exact) mass is 234 g/mol. The van der Waals surface area contributed by atoms with Crippen molar-refractivity contribution in [3.8, 4) is 11.8 Å². The van der Waals surface area contributed by atoms with Crippen LogP contribution in [0.5, 0.6) is 5.75 Å². The van der Waals surface area contributed by atoms with Crippen LogP contribution in [0.25, 0.3) is 0 Å². The highest BCUT2D eigenvalue weighted by Crippen LogP contribution is 2.35. The average molecular weight is 234 g/mol. The summed E-state index contributed by atoms with van der Waals surface area (Å²) in [5, 5.41) is 9.28. The quantitative estimate of drug-likeness (QED) is 0.802. The summed E-state index contributed by atoms with van der Waals surface area (Å²) in [6.45, 7) is 6.02. The number of methoxy groups -OCH3 is 2. The number of ether oxygens (including phenoxy) is 2. The van der Waals surface area contributed by atoms with Crippen molar-refractivity contribution in [1.29, 1.82) is 5.26 Å². The third kappa shape index (κ3) is 2.56. The summed E-state index contributed by atoms with van der Waals surface area (Å²) >= 11 is 0. The van der Waals surface area contributed by atoms with Crippen LogP contribution < -0.4 is 4.74 Å². The van der Waals surface area contributed by atoms with Crippen molar-refractivity contribution in [3.05, 3.63) is 23.0 Å². The number of aromatic nitrogens is 1. The summed E-state index contributed by atoms with van der Waals surface area (Å²) in [6.07, 6.45) is 1.75. The number of hydrogen-bond acceptors (Lipinski definition) is 4. The minimum Gasteiger partial charge on any atom is -0.494 e. The van der Waals surface area contributed by atoms with Gasteiger partial charge in [-0.25, -0.2) is 0 Å². The summed E-state index contributed by atoms with van der Waals surface area (Å²) in [7, 11) is 3.22. The molecule has 4 nitrogen and oxygen atoms in total. The molecule has 1 aromatic rings. The fourth-order valence-corrected chi connectivity index (χ4v) is 1.88. The van der Waals surface area contributed by atoms with Crippen LogP contribution in [-0.2, 0) is 16.8 Å². The van der Waals surface area contributed by atoms with Crippen molar-refractivity contribution in [1.82, 2.24) is 4.98 Å². The summed E-state index contributed by atoms with van der Waals surface area (Å²) in [5.74, 6) is 0.672. The molecule has 0 spiro atoms. The largest absolute Gasteiger partial charge is 0.494 e. The van der Waals surface area contributed by atoms with Gasteiger partial charge >= 0.3 is 0 Å². The fourth-order valence-electron chi connectivity index (χ4n) is 1.88. The van der Waals surface area contributed by atoms with Crippen LogP contribution in [0.1, 0.15) is 30.7 Å². The second-order valence-electron chi connectivity index (χ2n) is 4.45. The van der Waals surface area contributed by atoms with Gasteiger partial charge < -0.3 is 9.47 Å². The van der Waals surface area contributed by atoms with Gasteiger partial charge in [-0.15, -0.1) is 0 Å². The van der Waals surface area contributed by atoms with Crippen LogP contribution >= 0.6 is 0 Å². The first kappa shape index (κ1) is 13.5. The van der Waals surface area contributed by atoms with Crippen LogP contribution in [0, 0.1) is 18.3 Å². The molecule has 0 unspecified atom stereocenters. The minimum atomic E-state index is -0.632. The normalized spacial score (nSPS) is 11.1. The number of nitriles is 1. The van der Waals surface area contributed by atoms with E-state index in [0.29, 0.717) is 12.4 Å². The minimum absolute atomic E-state index is 0.421. The molecule has 1 aromatic heterocycles. The topological polar surface area (TPSA) is 55.1 Å². The van der Waals surface area contributed by atoms with Crippen molar-refractivity contribution >= 4 is 0 Å². The molecule has 1 rings (SSSR count). The van der Waals surface area contributed by atoms with E-state index in [2.05, 4.69) is 11.1 Å². The van der Waals surface area contributed by atoms with Crippen LogP contribution in [0.2, 0.25) is 0 Å². The standard InChI is InChI=1S/C13H18N2O2/c1-9-12(17-5)11(13(2,3)8-14)10(6-15-9)7-16-4/h6H,7H2,1-5H3. The Morgan fingerprint density at radius 2 is 2.06 bits per heavy atom. The molecular formula is C13H18N2O2. The molecule has 0 fully saturated rings. The summed E-state index contributed by atoms with van der Waals surface area (Å²) in [4.78, 5) is 4.26. The maximum atomic E-state index is 9.28. The number of pyridine rings is 1. The summed E-state index contributed by atoms with van der Waals surface area (Å²) in [6, 6.07) is 2.30. The van der Waals surface area contributed by atoms with E-state index in [1.807, 2.05) is 20.8 Å². The van der Waals surface area contributed by atoms with E-state index in [0.717, 1.165) is 16.8 Å². The highest BCUT2D eigenvalue weighted by molar-refractivity contribution is 5.49. The number of rotatable bonds is 4. The number of aryl methyl sites for hydroxylation is 1. The van der Waals surface area contributed by atoms with E-state index in [1.54, 1.807) is 20.4 Å². The lowest BCUT2D eigenvalue weighted by molar-refractivity contribution is 0.182. The SMILES string of the molecule is COCc1cnc(C)c(OC)c1C(C)(C)C#N. The van der Waals surface area contributed by atoms with Gasteiger partial charge in [0.2, 0.25) is 0 Å². The van der Waals surface area contributed by atoms with Crippen LogP contribution in [0.15, 0.2) is 6.20 Å². The molecule has 1 heterocycles. The van der Waals surface area contributed by atoms with Crippen molar-refractivity contribution in [2.75, 3.05) is 14.2 Å². The zero-order valence-corrected chi connectivity index (χ0v) is 11.0. The molecule has 17 heavy (non-hydrogen) atoms. The molecule has 4 heteroatoms. The van der Waals surface area contributed by atoms with Crippen molar-refractivity contribution in [2.24, 2.45) is 0 Å². The smallest absolute Gasteiger partial charge is 0.145 e. The van der Waals surface area contributed by atoms with E-state index in [9.17, 15) is 5.26 Å². The van der Waals surface area contributed by atoms with Crippen molar-refractivity contribution in [3.63, 3.8) is 0 Å². The Hall–Kier alpha value is -1.60. The molecule has 0 radical (unpaired) electrons. The zero-order chi connectivity index (χ0) is 13.1. The van der Waals surface area contributed by atoms with Gasteiger partial charge in [-0.1, -0.05) is 0 Å². The van der Waals surface area contributed by atoms with Gasteiger partial charge in [-0.3, -0.25) is 4.98 Å². The molecule has 0 aliphatic carbocycles. The molecule has 0 aliphatic rings. The molecular weight excluding hydrogens is 216 g/mol. The van der Waals surface area contributed by atoms with Gasteiger partial charge in [0, 0.05) is 24.4 Å². The molecule has 0 aliphatic heterocycles. The number of hydrogen-bond donors (Lipinski definition) is 0. The second-order valence-corrected chi connectivity index (χ2v) is 4.45. The molecule has 92 valence electrons. The highest BCUT2D eigenvalue weighted by atomic mass is 16.5. The zero-order valence-electron chi connectivity index (χ0n) is 11.0. The van der Waals surface area contributed by atoms with E-state index in [1.165, 1.54) is 0 Å². The van der Waals surface area contributed by atoms with E-state index < -0.39 is 5.41 Å². The molecule has 0 bridgehead atoms. The van der Waals surface area contributed by atoms with Crippen molar-refractivity contribution in [2.45, 2.75) is 32.8 Å². The first-order chi connectivity index (χ1) is 7.97. The van der Waals surface area contributed by atoms with E-state index in [-0.39, 0.29) is 0 Å². The van der Waals surface area contributed by atoms with Crippen LogP contribution in [0.3, 0.4) is 0 Å². The Labute approximate surface area is 102 Å². The van der Waals surface area contributed by atoms with Crippen molar-refractivity contribution < 1.29 is 9.47 Å². The Morgan fingerprint density at radius 3 is 2.53 bits per heavy atom. The van der Waals surface area contributed by atoms with E-state index >= 15 is 0 Å². The first-order valence-electron chi connectivity index (χ1n) is 5.41. The lowest BCUT2D eigenvalue weighted by Gasteiger charge is -2.23. The lowest BCUT2D eigenvalue weighted by atomic mass is 9.83. The van der Waals surface area contributed by atoms with Gasteiger partial charge in [-0.05, 0) is 20.8 Å². The fraction of sp³-hybridized carbons (Fsp3) is 0.538. The molecule has 0 atom stereocenters. The summed E-state index contributed by atoms with van der Waals surface area (Å²) in [5.41, 5.74) is 1.90. The number of nitrogens with zero attached hydrogens (tertiary/aromatic N) is 2. The Kier molecular flexibility index (Phi) is 4.08. The van der Waals surface area contributed by atoms with Gasteiger partial charge in [0.1, 0.15) is 5.75 Å². The Morgan fingerprint density at radius 1 is 1.41 bits per heavy atom. The summed E-state index contributed by atoms with van der Waals surface area (Å²) < 4.78 is 10.5. The van der Waals surface area contributed by atoms with Crippen LogP contribution in [0.4, 0.5) is 0 Å². The van der Waals surface area contributed by atoms with Gasteiger partial charge in [0.15, 0.2) is 0 Å². The predicted octanol–water partition coefficient (Wildman–Crippen LogP) is 2.35. The first-order valence-corrected chi connectivity index (χ1v) is 5.41. The Balaban J connectivity index is 3.51. The Bertz CT molecular complexity index is 447. The maximum absolute atomic E-state index is 9.28. The maximum Gasteiger partial charge on any atom is 0.145 e. The second kappa shape index (κ2) is 5.15. The molecule has 0 N–H and O–H groups in total. The van der Waals surface area contributed by atoms with E-state index in [4.69, 9.17) is 9.47 Å². The lowest BCUT2D eigenvalue weighted by Crippen LogP contribution is -2.19. The van der Waals surface area contributed by atoms with Gasteiger partial charge in [-0.2, -0.15) is 5.26 Å². The van der Waals surface area contributed by atoms with Gasteiger partial charge in [0.05, 0.1) is 30.9 Å².